The molecule has 2 amide bonds. The molecule has 0 bridgehead atoms. The average molecular weight is 445 g/mol. The molecule has 1 heterocycles. The Balaban J connectivity index is 1.87. The maximum atomic E-state index is 13.5. The van der Waals surface area contributed by atoms with Crippen molar-refractivity contribution < 1.29 is 28.7 Å². The van der Waals surface area contributed by atoms with Gasteiger partial charge < -0.3 is 14.8 Å². The number of carbonyl (C=O) groups excluding carboxylic acids is 4. The molecule has 0 spiro atoms. The van der Waals surface area contributed by atoms with Crippen LogP contribution in [0.3, 0.4) is 0 Å². The Morgan fingerprint density at radius 1 is 1.19 bits per heavy atom. The molecule has 1 aliphatic carbocycles. The highest BCUT2D eigenvalue weighted by Crippen LogP contribution is 2.32. The number of amides is 2. The smallest absolute Gasteiger partial charge is 0.411 e. The van der Waals surface area contributed by atoms with Gasteiger partial charge in [-0.05, 0) is 57.6 Å². The number of hydrogen-bond acceptors (Lipinski definition) is 6. The number of nitrogens with one attached hydrogen (secondary N) is 1. The monoisotopic (exact) mass is 444 g/mol. The highest BCUT2D eigenvalue weighted by Gasteiger charge is 2.40. The summed E-state index contributed by atoms with van der Waals surface area (Å²) in [5.74, 6) is -1.28. The summed E-state index contributed by atoms with van der Waals surface area (Å²) >= 11 is 0. The molecular formula is C24H32N2O6. The summed E-state index contributed by atoms with van der Waals surface area (Å²) in [6.07, 6.45) is 2.17. The molecule has 1 aromatic rings. The zero-order valence-electron chi connectivity index (χ0n) is 19.2. The van der Waals surface area contributed by atoms with Crippen molar-refractivity contribution in [1.82, 2.24) is 10.2 Å². The van der Waals surface area contributed by atoms with Gasteiger partial charge in [-0.25, -0.2) is 9.59 Å². The molecule has 0 aromatic heterocycles. The van der Waals surface area contributed by atoms with E-state index in [1.165, 1.54) is 12.0 Å². The van der Waals surface area contributed by atoms with Crippen LogP contribution in [-0.2, 0) is 30.3 Å². The topological polar surface area (TPSA) is 102 Å². The van der Waals surface area contributed by atoms with Crippen molar-refractivity contribution in [3.8, 4) is 0 Å². The van der Waals surface area contributed by atoms with Crippen LogP contribution in [0.5, 0.6) is 0 Å². The highest BCUT2D eigenvalue weighted by molar-refractivity contribution is 5.92. The Kier molecular flexibility index (Phi) is 7.21. The molecule has 2 aliphatic rings. The third-order valence-electron chi connectivity index (χ3n) is 5.91. The number of fused-ring (bicyclic) bond motifs is 1. The quantitative estimate of drug-likeness (QED) is 0.701. The van der Waals surface area contributed by atoms with Crippen molar-refractivity contribution in [2.24, 2.45) is 5.92 Å². The minimum atomic E-state index is -0.964. The van der Waals surface area contributed by atoms with Gasteiger partial charge in [-0.3, -0.25) is 14.5 Å². The molecule has 3 atom stereocenters. The van der Waals surface area contributed by atoms with E-state index in [-0.39, 0.29) is 18.1 Å². The first kappa shape index (κ1) is 23.8. The molecule has 1 fully saturated rings. The Morgan fingerprint density at radius 2 is 1.91 bits per heavy atom. The van der Waals surface area contributed by atoms with Crippen LogP contribution < -0.4 is 5.32 Å². The number of ketones is 1. The van der Waals surface area contributed by atoms with Crippen LogP contribution >= 0.6 is 0 Å². The fraction of sp³-hybridized carbons (Fsp3) is 0.583. The van der Waals surface area contributed by atoms with E-state index in [9.17, 15) is 19.2 Å². The van der Waals surface area contributed by atoms with Gasteiger partial charge >= 0.3 is 12.1 Å². The number of rotatable bonds is 5. The van der Waals surface area contributed by atoms with E-state index < -0.39 is 35.7 Å². The van der Waals surface area contributed by atoms with Gasteiger partial charge in [0.05, 0.1) is 7.11 Å². The Labute approximate surface area is 188 Å². The van der Waals surface area contributed by atoms with Crippen LogP contribution in [0.1, 0.15) is 63.6 Å². The van der Waals surface area contributed by atoms with Gasteiger partial charge in [-0.1, -0.05) is 24.3 Å². The fourth-order valence-electron chi connectivity index (χ4n) is 4.40. The Hall–Kier alpha value is -2.90. The van der Waals surface area contributed by atoms with Crippen LogP contribution in [0.4, 0.5) is 4.79 Å². The molecule has 0 saturated heterocycles. The van der Waals surface area contributed by atoms with Crippen LogP contribution in [0.15, 0.2) is 24.3 Å². The van der Waals surface area contributed by atoms with Gasteiger partial charge in [-0.2, -0.15) is 0 Å². The van der Waals surface area contributed by atoms with E-state index in [4.69, 9.17) is 9.47 Å². The molecular weight excluding hydrogens is 412 g/mol. The molecule has 1 N–H and O–H groups in total. The number of ether oxygens (including phenoxy) is 2. The number of Topliss-reactive ketones (excluding diaryl/α,β-unsaturated/α-hetero) is 1. The predicted octanol–water partition coefficient (Wildman–Crippen LogP) is 2.94. The second-order valence-corrected chi connectivity index (χ2v) is 9.40. The average Bonchev–Trinajstić information content (AvgIpc) is 3.14. The lowest BCUT2D eigenvalue weighted by Gasteiger charge is -2.37. The molecule has 1 aromatic carbocycles. The number of methoxy groups -OCH3 is 1. The van der Waals surface area contributed by atoms with Crippen molar-refractivity contribution in [3.05, 3.63) is 35.4 Å². The summed E-state index contributed by atoms with van der Waals surface area (Å²) in [5, 5.41) is 2.76. The van der Waals surface area contributed by atoms with Crippen LogP contribution in [0.25, 0.3) is 0 Å². The molecule has 8 nitrogen and oxygen atoms in total. The maximum Gasteiger partial charge on any atom is 0.411 e. The van der Waals surface area contributed by atoms with Crippen LogP contribution in [0, 0.1) is 5.92 Å². The summed E-state index contributed by atoms with van der Waals surface area (Å²) in [6, 6.07) is 5.53. The molecule has 8 heteroatoms. The first-order valence-corrected chi connectivity index (χ1v) is 11.1. The molecule has 174 valence electrons. The minimum absolute atomic E-state index is 0.103. The summed E-state index contributed by atoms with van der Waals surface area (Å²) < 4.78 is 10.4. The number of esters is 1. The second kappa shape index (κ2) is 9.71. The van der Waals surface area contributed by atoms with Gasteiger partial charge in [0.2, 0.25) is 5.91 Å². The lowest BCUT2D eigenvalue weighted by atomic mass is 9.91. The van der Waals surface area contributed by atoms with Crippen molar-refractivity contribution in [3.63, 3.8) is 0 Å². The van der Waals surface area contributed by atoms with Crippen molar-refractivity contribution in [2.45, 2.75) is 70.6 Å². The van der Waals surface area contributed by atoms with Crippen LogP contribution in [-0.4, -0.2) is 54.0 Å². The number of nitrogens with zero attached hydrogens (tertiary/aromatic N) is 1. The zero-order valence-corrected chi connectivity index (χ0v) is 19.2. The van der Waals surface area contributed by atoms with Crippen molar-refractivity contribution >= 4 is 23.8 Å². The summed E-state index contributed by atoms with van der Waals surface area (Å²) in [4.78, 5) is 52.3. The first-order chi connectivity index (χ1) is 15.1. The minimum Gasteiger partial charge on any atom is -0.467 e. The van der Waals surface area contributed by atoms with Gasteiger partial charge in [0.25, 0.3) is 0 Å². The molecule has 1 aliphatic heterocycles. The zero-order chi connectivity index (χ0) is 23.5. The van der Waals surface area contributed by atoms with Gasteiger partial charge in [-0.15, -0.1) is 0 Å². The maximum absolute atomic E-state index is 13.5. The molecule has 0 radical (unpaired) electrons. The van der Waals surface area contributed by atoms with Crippen LogP contribution in [0.2, 0.25) is 0 Å². The first-order valence-electron chi connectivity index (χ1n) is 11.1. The lowest BCUT2D eigenvalue weighted by molar-refractivity contribution is -0.146. The molecule has 1 saturated carbocycles. The third kappa shape index (κ3) is 5.47. The Morgan fingerprint density at radius 3 is 2.53 bits per heavy atom. The largest absolute Gasteiger partial charge is 0.467 e. The SMILES string of the molecule is COC(=O)[C@H](C[C@@H]1CCCC1=O)NC(=O)[C@@H]1c2ccccc2CCN1C(=O)OC(C)(C)C. The number of carbonyl (C=O) groups is 4. The van der Waals surface area contributed by atoms with E-state index in [2.05, 4.69) is 5.32 Å². The molecule has 32 heavy (non-hydrogen) atoms. The molecule has 0 unspecified atom stereocenters. The third-order valence-corrected chi connectivity index (χ3v) is 5.91. The van der Waals surface area contributed by atoms with E-state index >= 15 is 0 Å². The lowest BCUT2D eigenvalue weighted by Crippen LogP contribution is -2.52. The predicted molar refractivity (Wildman–Crippen MR) is 117 cm³/mol. The Bertz CT molecular complexity index is 891. The van der Waals surface area contributed by atoms with E-state index in [1.807, 2.05) is 24.3 Å². The van der Waals surface area contributed by atoms with Gasteiger partial charge in [0.15, 0.2) is 0 Å². The van der Waals surface area contributed by atoms with Crippen molar-refractivity contribution in [2.75, 3.05) is 13.7 Å². The fourth-order valence-corrected chi connectivity index (χ4v) is 4.40. The summed E-state index contributed by atoms with van der Waals surface area (Å²) in [7, 11) is 1.25. The molecule has 3 rings (SSSR count). The highest BCUT2D eigenvalue weighted by atomic mass is 16.6. The summed E-state index contributed by atoms with van der Waals surface area (Å²) in [6.45, 7) is 5.62. The van der Waals surface area contributed by atoms with Gasteiger partial charge in [0.1, 0.15) is 23.5 Å². The number of benzene rings is 1. The van der Waals surface area contributed by atoms with Crippen molar-refractivity contribution in [1.29, 1.82) is 0 Å². The van der Waals surface area contributed by atoms with E-state index in [0.717, 1.165) is 12.0 Å². The second-order valence-electron chi connectivity index (χ2n) is 9.40. The van der Waals surface area contributed by atoms with E-state index in [0.29, 0.717) is 31.4 Å². The van der Waals surface area contributed by atoms with Gasteiger partial charge in [0, 0.05) is 18.9 Å². The normalized spacial score (nSPS) is 21.5. The van der Waals surface area contributed by atoms with E-state index in [1.54, 1.807) is 20.8 Å². The number of hydrogen-bond donors (Lipinski definition) is 1. The summed E-state index contributed by atoms with van der Waals surface area (Å²) in [5.41, 5.74) is 0.947. The standard InChI is InChI=1S/C24H32N2O6/c1-24(2,3)32-23(30)26-13-12-15-8-5-6-10-17(15)20(26)21(28)25-18(22(29)31-4)14-16-9-7-11-19(16)27/h5-6,8,10,16,18,20H,7,9,11-14H2,1-4H3,(H,25,28)/t16-,18-,20-/m0/s1.